The Bertz CT molecular complexity index is 1120. The Morgan fingerprint density at radius 2 is 1.80 bits per heavy atom. The van der Waals surface area contributed by atoms with Gasteiger partial charge in [0.2, 0.25) is 5.91 Å². The molecule has 222 valence electrons. The van der Waals surface area contributed by atoms with Gasteiger partial charge in [-0.15, -0.1) is 0 Å². The van der Waals surface area contributed by atoms with Gasteiger partial charge in [-0.2, -0.15) is 0 Å². The van der Waals surface area contributed by atoms with Gasteiger partial charge in [0.05, 0.1) is 6.04 Å². The molecule has 2 saturated heterocycles. The number of nitrogens with one attached hydrogen (secondary N) is 4. The number of amides is 1. The van der Waals surface area contributed by atoms with Gasteiger partial charge in [-0.25, -0.2) is 4.79 Å². The highest BCUT2D eigenvalue weighted by Gasteiger charge is 2.37. The molecule has 0 unspecified atom stereocenters. The number of aromatic amines is 1. The maximum atomic E-state index is 12.8. The van der Waals surface area contributed by atoms with Gasteiger partial charge in [0, 0.05) is 68.7 Å². The van der Waals surface area contributed by atoms with Gasteiger partial charge in [0.25, 0.3) is 5.56 Å². The van der Waals surface area contributed by atoms with Crippen LogP contribution < -0.4 is 27.2 Å². The molecule has 0 saturated carbocycles. The van der Waals surface area contributed by atoms with Crippen LogP contribution in [0.15, 0.2) is 20.9 Å². The molecule has 0 aromatic carbocycles. The van der Waals surface area contributed by atoms with Crippen LogP contribution in [-0.4, -0.2) is 97.4 Å². The molecule has 1 amide bonds. The van der Waals surface area contributed by atoms with Crippen LogP contribution in [0.4, 0.5) is 0 Å². The van der Waals surface area contributed by atoms with Crippen LogP contribution >= 0.6 is 0 Å². The summed E-state index contributed by atoms with van der Waals surface area (Å²) in [6.45, 7) is 7.90. The number of esters is 1. The third-order valence-corrected chi connectivity index (χ3v) is 6.92. The summed E-state index contributed by atoms with van der Waals surface area (Å²) in [7, 11) is 0. The molecule has 4 N–H and O–H groups in total. The average Bonchev–Trinajstić information content (AvgIpc) is 3.33. The summed E-state index contributed by atoms with van der Waals surface area (Å²) in [5.74, 6) is -0.479. The molecular formula is C25H41N9O6. The number of nitrogens with zero attached hydrogens (tertiary/aromatic N) is 5. The Kier molecular flexibility index (Phi) is 13.1. The molecule has 40 heavy (non-hydrogen) atoms. The van der Waals surface area contributed by atoms with E-state index in [4.69, 9.17) is 15.0 Å². The van der Waals surface area contributed by atoms with Crippen molar-refractivity contribution in [2.45, 2.75) is 63.8 Å². The summed E-state index contributed by atoms with van der Waals surface area (Å²) in [6, 6.07) is -0.662. The van der Waals surface area contributed by atoms with E-state index in [0.29, 0.717) is 25.1 Å². The van der Waals surface area contributed by atoms with E-state index in [-0.39, 0.29) is 31.8 Å². The fourth-order valence-corrected chi connectivity index (χ4v) is 4.67. The highest BCUT2D eigenvalue weighted by Crippen LogP contribution is 2.30. The van der Waals surface area contributed by atoms with E-state index >= 15 is 0 Å². The summed E-state index contributed by atoms with van der Waals surface area (Å²) in [5, 5.41) is 13.9. The lowest BCUT2D eigenvalue weighted by atomic mass is 10.1. The highest BCUT2D eigenvalue weighted by atomic mass is 16.6. The topological polar surface area (TPSA) is 196 Å². The number of aromatic nitrogens is 2. The largest absolute Gasteiger partial charge is 0.463 e. The van der Waals surface area contributed by atoms with Crippen LogP contribution in [0.1, 0.15) is 50.3 Å². The van der Waals surface area contributed by atoms with Gasteiger partial charge in [-0.3, -0.25) is 23.9 Å². The van der Waals surface area contributed by atoms with Gasteiger partial charge in [0.1, 0.15) is 18.9 Å². The lowest BCUT2D eigenvalue weighted by Crippen LogP contribution is -2.40. The first-order valence-corrected chi connectivity index (χ1v) is 14.0. The number of hydrogen-bond acceptors (Lipinski definition) is 10. The quantitative estimate of drug-likeness (QED) is 0.145. The number of rotatable bonds is 8. The average molecular weight is 564 g/mol. The first kappa shape index (κ1) is 31.3. The van der Waals surface area contributed by atoms with E-state index in [1.165, 1.54) is 10.8 Å². The van der Waals surface area contributed by atoms with Crippen molar-refractivity contribution in [2.24, 2.45) is 5.11 Å². The number of carbonyl (C=O) groups excluding carboxylic acids is 2. The molecule has 0 radical (unpaired) electrons. The third-order valence-electron chi connectivity index (χ3n) is 6.92. The molecular weight excluding hydrogens is 522 g/mol. The molecule has 3 heterocycles. The van der Waals surface area contributed by atoms with E-state index in [0.717, 1.165) is 52.1 Å². The van der Waals surface area contributed by atoms with Gasteiger partial charge in [-0.1, -0.05) is 5.11 Å². The number of ether oxygens (including phenoxy) is 2. The van der Waals surface area contributed by atoms with Gasteiger partial charge < -0.3 is 30.3 Å². The number of azide groups is 1. The standard InChI is InChI=1S/C25H41N9O6/c1-18-16-34(25(38)30-24(18)37)22-15-19(31-32-26)20(40-22)17-39-23(36)6-2-5-21(35)33-13-4-9-28-11-10-27-7-3-8-29-12-14-33/h16,19-20,22,27-29H,2-15,17H2,1H3,(H,30,37,38)/t19-,20+,22+/m0/s1. The lowest BCUT2D eigenvalue weighted by molar-refractivity contribution is -0.148. The lowest BCUT2D eigenvalue weighted by Gasteiger charge is -2.23. The maximum absolute atomic E-state index is 12.8. The van der Waals surface area contributed by atoms with Crippen molar-refractivity contribution in [1.29, 1.82) is 0 Å². The Labute approximate surface area is 232 Å². The van der Waals surface area contributed by atoms with Crippen molar-refractivity contribution >= 4 is 11.9 Å². The molecule has 2 aliphatic rings. The Hall–Kier alpha value is -3.23. The molecule has 3 rings (SSSR count). The van der Waals surface area contributed by atoms with Crippen LogP contribution in [-0.2, 0) is 19.1 Å². The van der Waals surface area contributed by atoms with Gasteiger partial charge in [0.15, 0.2) is 0 Å². The normalized spacial score (nSPS) is 23.1. The molecule has 0 aliphatic carbocycles. The van der Waals surface area contributed by atoms with Crippen molar-refractivity contribution in [1.82, 2.24) is 30.4 Å². The van der Waals surface area contributed by atoms with Crippen LogP contribution in [0.25, 0.3) is 10.4 Å². The van der Waals surface area contributed by atoms with Crippen LogP contribution in [0, 0.1) is 6.92 Å². The zero-order valence-corrected chi connectivity index (χ0v) is 23.1. The molecule has 3 atom stereocenters. The zero-order chi connectivity index (χ0) is 28.7. The van der Waals surface area contributed by atoms with E-state index < -0.39 is 35.6 Å². The smallest absolute Gasteiger partial charge is 0.330 e. The predicted molar refractivity (Wildman–Crippen MR) is 147 cm³/mol. The fourth-order valence-electron chi connectivity index (χ4n) is 4.67. The summed E-state index contributed by atoms with van der Waals surface area (Å²) >= 11 is 0. The van der Waals surface area contributed by atoms with Crippen molar-refractivity contribution in [2.75, 3.05) is 59.0 Å². The first-order chi connectivity index (χ1) is 19.4. The molecule has 1 aromatic heterocycles. The van der Waals surface area contributed by atoms with Crippen molar-refractivity contribution in [3.8, 4) is 0 Å². The zero-order valence-electron chi connectivity index (χ0n) is 23.1. The molecule has 2 fully saturated rings. The van der Waals surface area contributed by atoms with Gasteiger partial charge >= 0.3 is 11.7 Å². The number of carbonyl (C=O) groups is 2. The van der Waals surface area contributed by atoms with E-state index in [1.54, 1.807) is 6.92 Å². The first-order valence-electron chi connectivity index (χ1n) is 14.0. The Balaban J connectivity index is 1.44. The summed E-state index contributed by atoms with van der Waals surface area (Å²) in [6.07, 6.45) is 2.57. The van der Waals surface area contributed by atoms with Crippen molar-refractivity contribution in [3.63, 3.8) is 0 Å². The predicted octanol–water partition coefficient (Wildman–Crippen LogP) is -0.0839. The van der Waals surface area contributed by atoms with E-state index in [1.807, 2.05) is 4.90 Å². The highest BCUT2D eigenvalue weighted by molar-refractivity contribution is 5.77. The third kappa shape index (κ3) is 10.1. The number of aryl methyl sites for hydroxylation is 1. The number of hydrogen-bond donors (Lipinski definition) is 4. The minimum absolute atomic E-state index is 0.00962. The second-order valence-corrected chi connectivity index (χ2v) is 9.99. The Morgan fingerprint density at radius 3 is 2.55 bits per heavy atom. The van der Waals surface area contributed by atoms with Crippen molar-refractivity contribution < 1.29 is 19.1 Å². The second-order valence-electron chi connectivity index (χ2n) is 9.99. The number of H-pyrrole nitrogens is 1. The summed E-state index contributed by atoms with van der Waals surface area (Å²) < 4.78 is 12.4. The fraction of sp³-hybridized carbons (Fsp3) is 0.760. The van der Waals surface area contributed by atoms with Gasteiger partial charge in [-0.05, 0) is 51.4 Å². The van der Waals surface area contributed by atoms with Crippen LogP contribution in [0.2, 0.25) is 0 Å². The SMILES string of the molecule is Cc1cn([C@H]2C[C@H](N=[N+]=[N-])[C@@H](COC(=O)CCCC(=O)N3CCCNCCNCCCNCC3)O2)c(=O)[nH]c1=O. The molecule has 15 nitrogen and oxygen atoms in total. The minimum Gasteiger partial charge on any atom is -0.463 e. The maximum Gasteiger partial charge on any atom is 0.330 e. The minimum atomic E-state index is -0.782. The van der Waals surface area contributed by atoms with Crippen LogP contribution in [0.3, 0.4) is 0 Å². The molecule has 0 spiro atoms. The summed E-state index contributed by atoms with van der Waals surface area (Å²) in [4.78, 5) is 56.0. The molecule has 2 aliphatic heterocycles. The van der Waals surface area contributed by atoms with Crippen molar-refractivity contribution in [3.05, 3.63) is 43.0 Å². The molecule has 15 heteroatoms. The monoisotopic (exact) mass is 563 g/mol. The summed E-state index contributed by atoms with van der Waals surface area (Å²) in [5.41, 5.74) is 8.13. The van der Waals surface area contributed by atoms with E-state index in [9.17, 15) is 19.2 Å². The molecule has 1 aromatic rings. The van der Waals surface area contributed by atoms with Crippen LogP contribution in [0.5, 0.6) is 0 Å². The van der Waals surface area contributed by atoms with E-state index in [2.05, 4.69) is 31.0 Å². The second kappa shape index (κ2) is 16.8. The molecule has 0 bridgehead atoms. The Morgan fingerprint density at radius 1 is 1.07 bits per heavy atom.